The number of H-pyrrole nitrogens is 1. The maximum Gasteiger partial charge on any atom is 0.274 e. The van der Waals surface area contributed by atoms with Crippen LogP contribution in [-0.2, 0) is 13.1 Å². The summed E-state index contributed by atoms with van der Waals surface area (Å²) in [6, 6.07) is 17.8. The first kappa shape index (κ1) is 17.8. The van der Waals surface area contributed by atoms with Gasteiger partial charge >= 0.3 is 0 Å². The molecule has 4 rings (SSSR count). The summed E-state index contributed by atoms with van der Waals surface area (Å²) in [6.45, 7) is 5.15. The molecule has 0 aliphatic heterocycles. The van der Waals surface area contributed by atoms with E-state index in [-0.39, 0.29) is 5.56 Å². The highest BCUT2D eigenvalue weighted by atomic mass is 16.1. The van der Waals surface area contributed by atoms with E-state index in [2.05, 4.69) is 56.9 Å². The molecule has 0 aliphatic carbocycles. The second kappa shape index (κ2) is 7.56. The first-order valence-electron chi connectivity index (χ1n) is 9.15. The van der Waals surface area contributed by atoms with E-state index in [9.17, 15) is 4.79 Å². The zero-order chi connectivity index (χ0) is 19.5. The van der Waals surface area contributed by atoms with Crippen molar-refractivity contribution in [2.45, 2.75) is 26.9 Å². The number of benzene rings is 2. The summed E-state index contributed by atoms with van der Waals surface area (Å²) < 4.78 is 1.34. The van der Waals surface area contributed by atoms with Crippen molar-refractivity contribution >= 4 is 17.4 Å². The molecule has 0 bridgehead atoms. The highest BCUT2D eigenvalue weighted by molar-refractivity contribution is 5.46. The minimum atomic E-state index is -0.193. The maximum absolute atomic E-state index is 12.4. The van der Waals surface area contributed by atoms with Crippen LogP contribution in [0, 0.1) is 13.8 Å². The van der Waals surface area contributed by atoms with Gasteiger partial charge in [0.05, 0.1) is 12.2 Å². The molecule has 7 nitrogen and oxygen atoms in total. The van der Waals surface area contributed by atoms with Crippen LogP contribution >= 0.6 is 0 Å². The predicted octanol–water partition coefficient (Wildman–Crippen LogP) is 3.26. The maximum atomic E-state index is 12.4. The summed E-state index contributed by atoms with van der Waals surface area (Å²) in [6.07, 6.45) is 0. The molecule has 0 aliphatic rings. The number of hydrogen-bond donors (Lipinski definition) is 3. The Labute approximate surface area is 162 Å². The Morgan fingerprint density at radius 3 is 2.54 bits per heavy atom. The number of aromatic amines is 1. The number of rotatable bonds is 6. The smallest absolute Gasteiger partial charge is 0.274 e. The van der Waals surface area contributed by atoms with E-state index >= 15 is 0 Å². The Morgan fingerprint density at radius 2 is 1.75 bits per heavy atom. The van der Waals surface area contributed by atoms with E-state index in [1.807, 2.05) is 31.2 Å². The van der Waals surface area contributed by atoms with Crippen molar-refractivity contribution in [3.8, 4) is 0 Å². The molecule has 0 atom stereocenters. The number of anilines is 2. The fourth-order valence-electron chi connectivity index (χ4n) is 2.94. The summed E-state index contributed by atoms with van der Waals surface area (Å²) in [5, 5.41) is 9.44. The monoisotopic (exact) mass is 374 g/mol. The zero-order valence-electron chi connectivity index (χ0n) is 15.9. The van der Waals surface area contributed by atoms with Gasteiger partial charge in [0.15, 0.2) is 0 Å². The lowest BCUT2D eigenvalue weighted by Gasteiger charge is -2.06. The number of aromatic nitrogens is 4. The minimum absolute atomic E-state index is 0.193. The van der Waals surface area contributed by atoms with E-state index in [4.69, 9.17) is 0 Å². The van der Waals surface area contributed by atoms with E-state index in [0.717, 1.165) is 11.3 Å². The summed E-state index contributed by atoms with van der Waals surface area (Å²) in [5.41, 5.74) is 4.96. The Hall–Kier alpha value is -3.61. The first-order chi connectivity index (χ1) is 13.6. The van der Waals surface area contributed by atoms with Gasteiger partial charge < -0.3 is 10.6 Å². The van der Waals surface area contributed by atoms with Gasteiger partial charge in [-0.05, 0) is 37.1 Å². The molecular formula is C21H22N6O. The van der Waals surface area contributed by atoms with Crippen LogP contribution in [-0.4, -0.2) is 19.6 Å². The van der Waals surface area contributed by atoms with Crippen molar-refractivity contribution in [2.75, 3.05) is 10.6 Å². The van der Waals surface area contributed by atoms with Crippen LogP contribution in [0.4, 0.5) is 11.6 Å². The highest BCUT2D eigenvalue weighted by Gasteiger charge is 2.08. The molecule has 0 spiro atoms. The SMILES string of the molecule is Cc1ccc(CNc2nc3nc(CNc4cccc(C)c4)cc(=O)n3[nH]2)cc1. The van der Waals surface area contributed by atoms with E-state index in [0.29, 0.717) is 30.5 Å². The van der Waals surface area contributed by atoms with Gasteiger partial charge in [0.2, 0.25) is 5.95 Å². The van der Waals surface area contributed by atoms with E-state index in [1.165, 1.54) is 21.7 Å². The first-order valence-corrected chi connectivity index (χ1v) is 9.15. The molecule has 28 heavy (non-hydrogen) atoms. The average Bonchev–Trinajstić information content (AvgIpc) is 3.10. The number of nitrogens with zero attached hydrogens (tertiary/aromatic N) is 3. The Kier molecular flexibility index (Phi) is 4.80. The third kappa shape index (κ3) is 4.03. The predicted molar refractivity (Wildman–Crippen MR) is 111 cm³/mol. The van der Waals surface area contributed by atoms with Crippen LogP contribution in [0.1, 0.15) is 22.4 Å². The molecule has 0 saturated carbocycles. The average molecular weight is 374 g/mol. The van der Waals surface area contributed by atoms with Crippen LogP contribution in [0.3, 0.4) is 0 Å². The fourth-order valence-corrected chi connectivity index (χ4v) is 2.94. The third-order valence-corrected chi connectivity index (χ3v) is 4.46. The Morgan fingerprint density at radius 1 is 0.929 bits per heavy atom. The lowest BCUT2D eigenvalue weighted by atomic mass is 10.1. The van der Waals surface area contributed by atoms with E-state index < -0.39 is 0 Å². The van der Waals surface area contributed by atoms with Crippen LogP contribution in [0.5, 0.6) is 0 Å². The van der Waals surface area contributed by atoms with Gasteiger partial charge in [-0.25, -0.2) is 4.98 Å². The van der Waals surface area contributed by atoms with Crippen molar-refractivity contribution in [3.05, 3.63) is 87.3 Å². The molecule has 2 aromatic carbocycles. The molecule has 2 aromatic heterocycles. The van der Waals surface area contributed by atoms with Gasteiger partial charge in [0.25, 0.3) is 11.3 Å². The van der Waals surface area contributed by atoms with Gasteiger partial charge in [-0.2, -0.15) is 9.50 Å². The fraction of sp³-hybridized carbons (Fsp3) is 0.190. The number of hydrogen-bond acceptors (Lipinski definition) is 5. The second-order valence-electron chi connectivity index (χ2n) is 6.86. The molecule has 7 heteroatoms. The van der Waals surface area contributed by atoms with Crippen molar-refractivity contribution in [1.29, 1.82) is 0 Å². The van der Waals surface area contributed by atoms with Gasteiger partial charge in [-0.1, -0.05) is 42.0 Å². The van der Waals surface area contributed by atoms with Crippen molar-refractivity contribution < 1.29 is 0 Å². The zero-order valence-corrected chi connectivity index (χ0v) is 15.9. The topological polar surface area (TPSA) is 87.1 Å². The Bertz CT molecular complexity index is 1160. The summed E-state index contributed by atoms with van der Waals surface area (Å²) in [5.74, 6) is 0.855. The lowest BCUT2D eigenvalue weighted by molar-refractivity contribution is 0.874. The van der Waals surface area contributed by atoms with Crippen LogP contribution in [0.15, 0.2) is 59.4 Å². The van der Waals surface area contributed by atoms with E-state index in [1.54, 1.807) is 0 Å². The van der Waals surface area contributed by atoms with Gasteiger partial charge in [-0.15, -0.1) is 0 Å². The number of fused-ring (bicyclic) bond motifs is 1. The molecule has 0 fully saturated rings. The summed E-state index contributed by atoms with van der Waals surface area (Å²) >= 11 is 0. The van der Waals surface area contributed by atoms with Crippen molar-refractivity contribution in [1.82, 2.24) is 19.6 Å². The second-order valence-corrected chi connectivity index (χ2v) is 6.86. The quantitative estimate of drug-likeness (QED) is 0.482. The molecule has 2 heterocycles. The largest absolute Gasteiger partial charge is 0.379 e. The highest BCUT2D eigenvalue weighted by Crippen LogP contribution is 2.11. The molecule has 4 aromatic rings. The molecule has 0 amide bonds. The Balaban J connectivity index is 1.48. The molecule has 0 radical (unpaired) electrons. The van der Waals surface area contributed by atoms with Gasteiger partial charge in [0.1, 0.15) is 0 Å². The molecule has 142 valence electrons. The van der Waals surface area contributed by atoms with Gasteiger partial charge in [0, 0.05) is 18.3 Å². The third-order valence-electron chi connectivity index (χ3n) is 4.46. The summed E-state index contributed by atoms with van der Waals surface area (Å²) in [7, 11) is 0. The van der Waals surface area contributed by atoms with Crippen molar-refractivity contribution in [3.63, 3.8) is 0 Å². The molecule has 0 saturated heterocycles. The van der Waals surface area contributed by atoms with Crippen molar-refractivity contribution in [2.24, 2.45) is 0 Å². The molecule has 3 N–H and O–H groups in total. The van der Waals surface area contributed by atoms with Crippen LogP contribution in [0.2, 0.25) is 0 Å². The van der Waals surface area contributed by atoms with Crippen LogP contribution in [0.25, 0.3) is 5.78 Å². The summed E-state index contributed by atoms with van der Waals surface area (Å²) in [4.78, 5) is 21.3. The normalized spacial score (nSPS) is 10.9. The van der Waals surface area contributed by atoms with Crippen LogP contribution < -0.4 is 16.2 Å². The van der Waals surface area contributed by atoms with Gasteiger partial charge in [-0.3, -0.25) is 9.89 Å². The standard InChI is InChI=1S/C21H22N6O/c1-14-6-8-16(9-7-14)12-23-20-25-21-24-18(11-19(28)27(21)26-20)13-22-17-5-3-4-15(2)10-17/h3-11,22H,12-13H2,1-2H3,(H2,23,24,25,26). The molecule has 0 unspecified atom stereocenters. The number of nitrogens with one attached hydrogen (secondary N) is 3. The molecular weight excluding hydrogens is 352 g/mol. The number of aryl methyl sites for hydroxylation is 2. The lowest BCUT2D eigenvalue weighted by Crippen LogP contribution is -2.17. The minimum Gasteiger partial charge on any atom is -0.379 e.